The minimum absolute atomic E-state index is 0.594. The topological polar surface area (TPSA) is 85.2 Å². The van der Waals surface area contributed by atoms with E-state index in [9.17, 15) is 0 Å². The summed E-state index contributed by atoms with van der Waals surface area (Å²) in [6.45, 7) is 2.95. The van der Waals surface area contributed by atoms with Crippen molar-refractivity contribution in [1.82, 2.24) is 35.4 Å². The van der Waals surface area contributed by atoms with E-state index in [2.05, 4.69) is 92.9 Å². The number of nitrogens with zero attached hydrogens (tertiary/aromatic N) is 6. The van der Waals surface area contributed by atoms with Crippen LogP contribution in [0.25, 0.3) is 22.5 Å². The number of aryl methyl sites for hydroxylation is 3. The van der Waals surface area contributed by atoms with Gasteiger partial charge in [-0.1, -0.05) is 98.6 Å². The zero-order valence-corrected chi connectivity index (χ0v) is 20.6. The second-order valence-corrected chi connectivity index (χ2v) is 9.02. The van der Waals surface area contributed by atoms with Crippen molar-refractivity contribution in [3.63, 3.8) is 0 Å². The van der Waals surface area contributed by atoms with Crippen molar-refractivity contribution in [1.29, 1.82) is 0 Å². The second kappa shape index (κ2) is 11.5. The Morgan fingerprint density at radius 3 is 2.28 bits per heavy atom. The predicted octanol–water partition coefficient (Wildman–Crippen LogP) is 5.69. The SMILES string of the molecule is CCCCCc1nc(CCc2ccccc2)nn1Cc1ccc(-c2ccccc2-c2nn[nH]n2)cc1. The van der Waals surface area contributed by atoms with Crippen LogP contribution >= 0.6 is 0 Å². The molecule has 0 atom stereocenters. The molecule has 5 rings (SSSR count). The molecule has 0 aliphatic rings. The van der Waals surface area contributed by atoms with Crippen LogP contribution in [0.3, 0.4) is 0 Å². The first kappa shape index (κ1) is 23.6. The van der Waals surface area contributed by atoms with Crippen molar-refractivity contribution < 1.29 is 0 Å². The molecule has 0 amide bonds. The molecule has 0 fully saturated rings. The lowest BCUT2D eigenvalue weighted by molar-refractivity contribution is 0.604. The maximum atomic E-state index is 4.93. The normalized spacial score (nSPS) is 11.1. The molecule has 36 heavy (non-hydrogen) atoms. The molecular weight excluding hydrogens is 446 g/mol. The lowest BCUT2D eigenvalue weighted by Crippen LogP contribution is -2.07. The van der Waals surface area contributed by atoms with E-state index in [-0.39, 0.29) is 0 Å². The number of unbranched alkanes of at least 4 members (excludes halogenated alkanes) is 2. The second-order valence-electron chi connectivity index (χ2n) is 9.02. The van der Waals surface area contributed by atoms with Gasteiger partial charge in [-0.2, -0.15) is 10.3 Å². The van der Waals surface area contributed by atoms with Crippen LogP contribution in [0.2, 0.25) is 0 Å². The van der Waals surface area contributed by atoms with Gasteiger partial charge in [-0.25, -0.2) is 9.67 Å². The van der Waals surface area contributed by atoms with Crippen LogP contribution in [0.5, 0.6) is 0 Å². The Balaban J connectivity index is 1.33. The summed E-state index contributed by atoms with van der Waals surface area (Å²) in [5.74, 6) is 2.60. The fraction of sp³-hybridized carbons (Fsp3) is 0.276. The lowest BCUT2D eigenvalue weighted by Gasteiger charge is -2.09. The van der Waals surface area contributed by atoms with Crippen LogP contribution in [-0.4, -0.2) is 35.4 Å². The first-order valence-electron chi connectivity index (χ1n) is 12.7. The molecule has 0 bridgehead atoms. The number of benzene rings is 3. The van der Waals surface area contributed by atoms with Crippen molar-refractivity contribution in [2.24, 2.45) is 0 Å². The van der Waals surface area contributed by atoms with E-state index < -0.39 is 0 Å². The highest BCUT2D eigenvalue weighted by Crippen LogP contribution is 2.29. The number of nitrogens with one attached hydrogen (secondary N) is 1. The minimum atomic E-state index is 0.594. The maximum Gasteiger partial charge on any atom is 0.205 e. The molecule has 0 saturated heterocycles. The summed E-state index contributed by atoms with van der Waals surface area (Å²) >= 11 is 0. The van der Waals surface area contributed by atoms with E-state index in [1.54, 1.807) is 0 Å². The molecule has 5 aromatic rings. The third-order valence-corrected chi connectivity index (χ3v) is 6.39. The van der Waals surface area contributed by atoms with Crippen molar-refractivity contribution >= 4 is 0 Å². The first-order valence-corrected chi connectivity index (χ1v) is 12.7. The molecular formula is C29H31N7. The third-order valence-electron chi connectivity index (χ3n) is 6.39. The van der Waals surface area contributed by atoms with Gasteiger partial charge in [0, 0.05) is 18.4 Å². The van der Waals surface area contributed by atoms with Gasteiger partial charge in [-0.15, -0.1) is 10.2 Å². The highest BCUT2D eigenvalue weighted by molar-refractivity contribution is 5.80. The molecule has 2 aromatic heterocycles. The van der Waals surface area contributed by atoms with E-state index in [4.69, 9.17) is 10.1 Å². The third kappa shape index (κ3) is 5.74. The number of H-pyrrole nitrogens is 1. The fourth-order valence-electron chi connectivity index (χ4n) is 4.45. The molecule has 0 aliphatic carbocycles. The standard InChI is InChI=1S/C29H31N7/c1-2-3-5-14-28-30-27(20-17-22-10-6-4-7-11-22)33-36(28)21-23-15-18-24(19-16-23)25-12-8-9-13-26(25)29-31-34-35-32-29/h4,6-13,15-16,18-19H,2-3,5,14,17,20-21H2,1H3,(H,31,32,34,35). The van der Waals surface area contributed by atoms with Gasteiger partial charge in [0.15, 0.2) is 5.82 Å². The van der Waals surface area contributed by atoms with Crippen molar-refractivity contribution in [2.75, 3.05) is 0 Å². The Morgan fingerprint density at radius 2 is 1.53 bits per heavy atom. The minimum Gasteiger partial charge on any atom is -0.245 e. The van der Waals surface area contributed by atoms with Crippen molar-refractivity contribution in [3.8, 4) is 22.5 Å². The van der Waals surface area contributed by atoms with Crippen LogP contribution in [0.15, 0.2) is 78.9 Å². The van der Waals surface area contributed by atoms with Gasteiger partial charge in [0.25, 0.3) is 0 Å². The highest BCUT2D eigenvalue weighted by Gasteiger charge is 2.13. The molecule has 0 saturated carbocycles. The van der Waals surface area contributed by atoms with Gasteiger partial charge in [0.05, 0.1) is 6.54 Å². The average molecular weight is 478 g/mol. The van der Waals surface area contributed by atoms with Gasteiger partial charge >= 0.3 is 0 Å². The maximum absolute atomic E-state index is 4.93. The lowest BCUT2D eigenvalue weighted by atomic mass is 9.98. The number of rotatable bonds is 11. The number of tetrazole rings is 1. The summed E-state index contributed by atoms with van der Waals surface area (Å²) in [6, 6.07) is 27.3. The van der Waals surface area contributed by atoms with Crippen LogP contribution < -0.4 is 0 Å². The largest absolute Gasteiger partial charge is 0.245 e. The Morgan fingerprint density at radius 1 is 0.750 bits per heavy atom. The Bertz CT molecular complexity index is 1360. The molecule has 7 heteroatoms. The van der Waals surface area contributed by atoms with E-state index in [1.165, 1.54) is 24.0 Å². The number of hydrogen-bond acceptors (Lipinski definition) is 5. The summed E-state index contributed by atoms with van der Waals surface area (Å²) in [7, 11) is 0. The Hall–Kier alpha value is -4.13. The van der Waals surface area contributed by atoms with Crippen LogP contribution in [0.4, 0.5) is 0 Å². The highest BCUT2D eigenvalue weighted by atomic mass is 15.5. The number of aromatic nitrogens is 7. The summed E-state index contributed by atoms with van der Waals surface area (Å²) in [5, 5.41) is 19.5. The molecule has 0 unspecified atom stereocenters. The summed E-state index contributed by atoms with van der Waals surface area (Å²) in [4.78, 5) is 4.93. The first-order chi connectivity index (χ1) is 17.8. The fourth-order valence-corrected chi connectivity index (χ4v) is 4.45. The molecule has 7 nitrogen and oxygen atoms in total. The molecule has 0 radical (unpaired) electrons. The summed E-state index contributed by atoms with van der Waals surface area (Å²) in [5.41, 5.74) is 5.67. The Kier molecular flexibility index (Phi) is 7.56. The van der Waals surface area contributed by atoms with E-state index >= 15 is 0 Å². The van der Waals surface area contributed by atoms with Gasteiger partial charge in [-0.05, 0) is 40.3 Å². The van der Waals surface area contributed by atoms with Crippen LogP contribution in [0.1, 0.15) is 49.0 Å². The van der Waals surface area contributed by atoms with Gasteiger partial charge in [0.2, 0.25) is 5.82 Å². The van der Waals surface area contributed by atoms with E-state index in [0.717, 1.165) is 54.0 Å². The molecule has 1 N–H and O–H groups in total. The van der Waals surface area contributed by atoms with Gasteiger partial charge < -0.3 is 0 Å². The monoisotopic (exact) mass is 477 g/mol. The Labute approximate surface area is 211 Å². The zero-order valence-electron chi connectivity index (χ0n) is 20.6. The molecule has 0 spiro atoms. The average Bonchev–Trinajstić information content (AvgIpc) is 3.59. The quantitative estimate of drug-likeness (QED) is 0.247. The van der Waals surface area contributed by atoms with Gasteiger partial charge in [-0.3, -0.25) is 0 Å². The molecule has 3 aromatic carbocycles. The van der Waals surface area contributed by atoms with Crippen LogP contribution in [-0.2, 0) is 25.8 Å². The summed E-state index contributed by atoms with van der Waals surface area (Å²) in [6.07, 6.45) is 6.31. The summed E-state index contributed by atoms with van der Waals surface area (Å²) < 4.78 is 2.10. The smallest absolute Gasteiger partial charge is 0.205 e. The predicted molar refractivity (Wildman–Crippen MR) is 141 cm³/mol. The number of hydrogen-bond donors (Lipinski definition) is 1. The van der Waals surface area contributed by atoms with E-state index in [1.807, 2.05) is 18.2 Å². The molecule has 2 heterocycles. The molecule has 0 aliphatic heterocycles. The zero-order chi connectivity index (χ0) is 24.6. The molecule has 182 valence electrons. The van der Waals surface area contributed by atoms with Gasteiger partial charge in [0.1, 0.15) is 5.82 Å². The van der Waals surface area contributed by atoms with Crippen molar-refractivity contribution in [2.45, 2.75) is 52.0 Å². The van der Waals surface area contributed by atoms with E-state index in [0.29, 0.717) is 12.4 Å². The number of aromatic amines is 1. The van der Waals surface area contributed by atoms with Crippen molar-refractivity contribution in [3.05, 3.63) is 102 Å². The van der Waals surface area contributed by atoms with Crippen LogP contribution in [0, 0.1) is 0 Å².